The first-order chi connectivity index (χ1) is 12.6. The Bertz CT molecular complexity index is 718. The number of guanidine groups is 1. The molecule has 0 aliphatic rings. The Kier molecular flexibility index (Phi) is 11.5. The molecule has 27 heavy (non-hydrogen) atoms. The maximum atomic E-state index is 5.70. The third-order valence-electron chi connectivity index (χ3n) is 3.89. The number of thiazole rings is 1. The molecule has 1 aromatic carbocycles. The van der Waals surface area contributed by atoms with E-state index in [4.69, 9.17) is 9.73 Å². The summed E-state index contributed by atoms with van der Waals surface area (Å²) in [4.78, 5) is 10.5. The van der Waals surface area contributed by atoms with E-state index in [2.05, 4.69) is 60.7 Å². The van der Waals surface area contributed by atoms with E-state index in [9.17, 15) is 0 Å². The highest BCUT2D eigenvalue weighted by Crippen LogP contribution is 2.16. The number of hydrogen-bond donors (Lipinski definition) is 2. The van der Waals surface area contributed by atoms with E-state index in [1.54, 1.807) is 11.3 Å². The minimum absolute atomic E-state index is 0. The Morgan fingerprint density at radius 3 is 2.52 bits per heavy atom. The average molecular weight is 502 g/mol. The zero-order chi connectivity index (χ0) is 18.8. The molecule has 0 radical (unpaired) electrons. The summed E-state index contributed by atoms with van der Waals surface area (Å²) >= 11 is 1.73. The molecule has 1 heterocycles. The molecule has 0 aliphatic heterocycles. The van der Waals surface area contributed by atoms with Crippen LogP contribution >= 0.6 is 35.3 Å². The summed E-state index contributed by atoms with van der Waals surface area (Å²) in [5, 5.41) is 7.82. The van der Waals surface area contributed by atoms with Gasteiger partial charge in [-0.2, -0.15) is 0 Å². The molecule has 0 saturated carbocycles. The molecule has 2 N–H and O–H groups in total. The Morgan fingerprint density at radius 1 is 1.15 bits per heavy atom. The predicted molar refractivity (Wildman–Crippen MR) is 125 cm³/mol. The van der Waals surface area contributed by atoms with E-state index >= 15 is 0 Å². The first-order valence-electron chi connectivity index (χ1n) is 9.23. The highest BCUT2D eigenvalue weighted by Gasteiger charge is 2.07. The summed E-state index contributed by atoms with van der Waals surface area (Å²) in [5.74, 6) is 0.822. The Morgan fingerprint density at radius 2 is 1.89 bits per heavy atom. The summed E-state index contributed by atoms with van der Waals surface area (Å²) in [6.45, 7) is 11.9. The fourth-order valence-corrected chi connectivity index (χ4v) is 3.46. The van der Waals surface area contributed by atoms with Crippen LogP contribution in [0.3, 0.4) is 0 Å². The monoisotopic (exact) mass is 502 g/mol. The quantitative estimate of drug-likeness (QED) is 0.229. The van der Waals surface area contributed by atoms with Crippen LogP contribution in [0.15, 0.2) is 29.3 Å². The van der Waals surface area contributed by atoms with Gasteiger partial charge in [-0.05, 0) is 38.3 Å². The third-order valence-corrected chi connectivity index (χ3v) is 4.96. The van der Waals surface area contributed by atoms with E-state index in [0.29, 0.717) is 13.2 Å². The number of nitrogens with zero attached hydrogens (tertiary/aromatic N) is 2. The molecule has 2 aromatic rings. The van der Waals surface area contributed by atoms with Crippen LogP contribution in [0.25, 0.3) is 0 Å². The molecule has 0 saturated heterocycles. The molecule has 0 atom stereocenters. The molecule has 0 bridgehead atoms. The lowest BCUT2D eigenvalue weighted by atomic mass is 10.1. The van der Waals surface area contributed by atoms with E-state index in [-0.39, 0.29) is 24.0 Å². The van der Waals surface area contributed by atoms with Crippen molar-refractivity contribution in [2.24, 2.45) is 4.99 Å². The molecule has 5 nitrogen and oxygen atoms in total. The number of aryl methyl sites for hydroxylation is 2. The van der Waals surface area contributed by atoms with Crippen molar-refractivity contribution < 1.29 is 4.74 Å². The van der Waals surface area contributed by atoms with Gasteiger partial charge in [0, 0.05) is 18.0 Å². The van der Waals surface area contributed by atoms with Crippen molar-refractivity contribution in [3.63, 3.8) is 0 Å². The molecule has 0 unspecified atom stereocenters. The van der Waals surface area contributed by atoms with Crippen LogP contribution in [0.2, 0.25) is 0 Å². The molecule has 7 heteroatoms. The molecule has 150 valence electrons. The summed E-state index contributed by atoms with van der Waals surface area (Å²) in [6.07, 6.45) is 1.03. The molecular formula is C20H31IN4OS. The molecule has 1 aromatic heterocycles. The van der Waals surface area contributed by atoms with Crippen molar-refractivity contribution in [2.45, 2.75) is 53.8 Å². The van der Waals surface area contributed by atoms with Gasteiger partial charge in [0.1, 0.15) is 0 Å². The zero-order valence-electron chi connectivity index (χ0n) is 16.7. The van der Waals surface area contributed by atoms with Crippen molar-refractivity contribution in [1.29, 1.82) is 0 Å². The van der Waals surface area contributed by atoms with Gasteiger partial charge in [-0.1, -0.05) is 31.2 Å². The Hall–Kier alpha value is -1.19. The van der Waals surface area contributed by atoms with E-state index in [0.717, 1.165) is 42.8 Å². The molecule has 0 amide bonds. The number of halogens is 1. The second-order valence-corrected chi connectivity index (χ2v) is 7.40. The van der Waals surface area contributed by atoms with Crippen LogP contribution in [0.1, 0.15) is 47.0 Å². The van der Waals surface area contributed by atoms with Gasteiger partial charge >= 0.3 is 0 Å². The smallest absolute Gasteiger partial charge is 0.191 e. The van der Waals surface area contributed by atoms with Crippen LogP contribution in [0.5, 0.6) is 0 Å². The van der Waals surface area contributed by atoms with Gasteiger partial charge in [-0.15, -0.1) is 35.3 Å². The summed E-state index contributed by atoms with van der Waals surface area (Å²) in [7, 11) is 0. The Balaban J connectivity index is 0.00000364. The maximum absolute atomic E-state index is 5.70. The van der Waals surface area contributed by atoms with Crippen LogP contribution in [-0.4, -0.2) is 24.1 Å². The van der Waals surface area contributed by atoms with Crippen LogP contribution < -0.4 is 10.6 Å². The topological polar surface area (TPSA) is 58.5 Å². The number of hydrogen-bond acceptors (Lipinski definition) is 4. The van der Waals surface area contributed by atoms with Crippen molar-refractivity contribution in [3.8, 4) is 0 Å². The average Bonchev–Trinajstić information content (AvgIpc) is 2.96. The summed E-state index contributed by atoms with van der Waals surface area (Å²) < 4.78 is 5.70. The maximum Gasteiger partial charge on any atom is 0.191 e. The fourth-order valence-electron chi connectivity index (χ4n) is 2.59. The first-order valence-corrected chi connectivity index (χ1v) is 10.0. The van der Waals surface area contributed by atoms with Crippen LogP contribution in [0.4, 0.5) is 0 Å². The van der Waals surface area contributed by atoms with E-state index in [1.165, 1.54) is 16.0 Å². The van der Waals surface area contributed by atoms with Crippen LogP contribution in [0, 0.1) is 13.8 Å². The molecule has 2 rings (SSSR count). The molecule has 0 spiro atoms. The largest absolute Gasteiger partial charge is 0.377 e. The first kappa shape index (κ1) is 23.8. The number of rotatable bonds is 9. The number of nitrogens with one attached hydrogen (secondary N) is 2. The molecular weight excluding hydrogens is 471 g/mol. The zero-order valence-corrected chi connectivity index (χ0v) is 19.8. The molecule has 0 aliphatic carbocycles. The van der Waals surface area contributed by atoms with Gasteiger partial charge in [-0.25, -0.2) is 9.98 Å². The predicted octanol–water partition coefficient (Wildman–Crippen LogP) is 4.56. The lowest BCUT2D eigenvalue weighted by Gasteiger charge is -2.12. The second kappa shape index (κ2) is 13.1. The van der Waals surface area contributed by atoms with Gasteiger partial charge < -0.3 is 15.4 Å². The number of aromatic nitrogens is 1. The standard InChI is InChI=1S/C20H30N4OS.HI/c1-5-11-25-14-18-10-8-7-9-17(18)12-22-20(21-6-2)23-13-19-15(3)24-16(4)26-19;/h7-10H,5-6,11-14H2,1-4H3,(H2,21,22,23);1H. The third kappa shape index (κ3) is 8.15. The van der Waals surface area contributed by atoms with E-state index < -0.39 is 0 Å². The normalized spacial score (nSPS) is 11.2. The summed E-state index contributed by atoms with van der Waals surface area (Å²) in [5.41, 5.74) is 3.49. The Labute approximate surface area is 184 Å². The lowest BCUT2D eigenvalue weighted by Crippen LogP contribution is -2.36. The van der Waals surface area contributed by atoms with Gasteiger partial charge in [0.15, 0.2) is 5.96 Å². The van der Waals surface area contributed by atoms with Gasteiger partial charge in [-0.3, -0.25) is 0 Å². The van der Waals surface area contributed by atoms with Gasteiger partial charge in [0.05, 0.1) is 30.4 Å². The van der Waals surface area contributed by atoms with Crippen molar-refractivity contribution in [3.05, 3.63) is 51.0 Å². The minimum atomic E-state index is 0. The lowest BCUT2D eigenvalue weighted by molar-refractivity contribution is 0.121. The van der Waals surface area contributed by atoms with Crippen molar-refractivity contribution in [2.75, 3.05) is 13.2 Å². The highest BCUT2D eigenvalue weighted by molar-refractivity contribution is 14.0. The highest BCUT2D eigenvalue weighted by atomic mass is 127. The van der Waals surface area contributed by atoms with Gasteiger partial charge in [0.2, 0.25) is 0 Å². The second-order valence-electron chi connectivity index (χ2n) is 6.11. The minimum Gasteiger partial charge on any atom is -0.377 e. The number of benzene rings is 1. The van der Waals surface area contributed by atoms with Crippen molar-refractivity contribution >= 4 is 41.3 Å². The molecule has 0 fully saturated rings. The number of ether oxygens (including phenoxy) is 1. The van der Waals surface area contributed by atoms with Gasteiger partial charge in [0.25, 0.3) is 0 Å². The number of aliphatic imine (C=N–C) groups is 1. The van der Waals surface area contributed by atoms with E-state index in [1.807, 2.05) is 6.92 Å². The fraction of sp³-hybridized carbons (Fsp3) is 0.500. The van der Waals surface area contributed by atoms with Crippen LogP contribution in [-0.2, 0) is 24.4 Å². The SMILES string of the molecule is CCCOCc1ccccc1CN=C(NCC)NCc1sc(C)nc1C.I. The van der Waals surface area contributed by atoms with Crippen molar-refractivity contribution in [1.82, 2.24) is 15.6 Å². The summed E-state index contributed by atoms with van der Waals surface area (Å²) in [6, 6.07) is 8.34.